The van der Waals surface area contributed by atoms with Gasteiger partial charge in [-0.15, -0.1) is 0 Å². The van der Waals surface area contributed by atoms with Gasteiger partial charge in [0.1, 0.15) is 5.69 Å². The van der Waals surface area contributed by atoms with Crippen molar-refractivity contribution >= 4 is 16.7 Å². The van der Waals surface area contributed by atoms with Crippen LogP contribution in [0.25, 0.3) is 10.9 Å². The molecule has 1 atom stereocenters. The number of Topliss-reactive ketones (excluding diaryl/α,β-unsaturated/α-hetero) is 1. The van der Waals surface area contributed by atoms with Gasteiger partial charge in [0, 0.05) is 18.0 Å². The fourth-order valence-corrected chi connectivity index (χ4v) is 3.33. The van der Waals surface area contributed by atoms with Crippen LogP contribution in [0, 0.1) is 0 Å². The van der Waals surface area contributed by atoms with Crippen molar-refractivity contribution < 1.29 is 4.79 Å². The Kier molecular flexibility index (Phi) is 4.35. The summed E-state index contributed by atoms with van der Waals surface area (Å²) < 4.78 is 1.95. The summed E-state index contributed by atoms with van der Waals surface area (Å²) in [5, 5.41) is 12.5. The number of hydrogen-bond acceptors (Lipinski definition) is 3. The van der Waals surface area contributed by atoms with Gasteiger partial charge in [-0.3, -0.25) is 14.6 Å². The van der Waals surface area contributed by atoms with Gasteiger partial charge in [0.2, 0.25) is 0 Å². The summed E-state index contributed by atoms with van der Waals surface area (Å²) in [5.74, 6) is -0.00485. The first-order valence-electron chi connectivity index (χ1n) is 8.80. The van der Waals surface area contributed by atoms with Crippen molar-refractivity contribution in [3.05, 3.63) is 83.8 Å². The molecule has 0 radical (unpaired) electrons. The first-order chi connectivity index (χ1) is 12.8. The number of benzene rings is 2. The second kappa shape index (κ2) is 6.96. The quantitative estimate of drug-likeness (QED) is 0.534. The number of carbonyl (C=O) groups is 1. The topological polar surface area (TPSA) is 63.6 Å². The molecule has 5 nitrogen and oxygen atoms in total. The molecule has 0 bridgehead atoms. The Hall–Kier alpha value is -3.21. The predicted molar refractivity (Wildman–Crippen MR) is 101 cm³/mol. The maximum Gasteiger partial charge on any atom is 0.188 e. The number of carbonyl (C=O) groups excluding carboxylic acids is 1. The van der Waals surface area contributed by atoms with Crippen molar-refractivity contribution in [2.75, 3.05) is 0 Å². The normalized spacial score (nSPS) is 12.3. The first-order valence-corrected chi connectivity index (χ1v) is 8.80. The average Bonchev–Trinajstić information content (AvgIpc) is 3.30. The smallest absolute Gasteiger partial charge is 0.188 e. The SMILES string of the molecule is CC[C@@H](c1ccccc1)n1cc(CC(=O)c2n[nH]c3ccccc23)cn1. The Morgan fingerprint density at radius 2 is 1.88 bits per heavy atom. The molecule has 5 heteroatoms. The minimum atomic E-state index is -0.00485. The second-order valence-corrected chi connectivity index (χ2v) is 6.38. The van der Waals surface area contributed by atoms with Crippen LogP contribution in [-0.4, -0.2) is 25.8 Å². The fourth-order valence-electron chi connectivity index (χ4n) is 3.33. The van der Waals surface area contributed by atoms with E-state index in [9.17, 15) is 4.79 Å². The highest BCUT2D eigenvalue weighted by Gasteiger charge is 2.17. The highest BCUT2D eigenvalue weighted by Crippen LogP contribution is 2.22. The van der Waals surface area contributed by atoms with E-state index in [0.717, 1.165) is 22.9 Å². The lowest BCUT2D eigenvalue weighted by molar-refractivity contribution is 0.0989. The van der Waals surface area contributed by atoms with Crippen molar-refractivity contribution in [1.29, 1.82) is 0 Å². The minimum Gasteiger partial charge on any atom is -0.292 e. The largest absolute Gasteiger partial charge is 0.292 e. The molecule has 4 rings (SSSR count). The lowest BCUT2D eigenvalue weighted by atomic mass is 10.0. The number of nitrogens with zero attached hydrogens (tertiary/aromatic N) is 3. The zero-order valence-corrected chi connectivity index (χ0v) is 14.6. The lowest BCUT2D eigenvalue weighted by Gasteiger charge is -2.15. The van der Waals surface area contributed by atoms with Crippen LogP contribution in [0.2, 0.25) is 0 Å². The van der Waals surface area contributed by atoms with E-state index in [-0.39, 0.29) is 11.8 Å². The van der Waals surface area contributed by atoms with Gasteiger partial charge in [-0.25, -0.2) is 0 Å². The van der Waals surface area contributed by atoms with E-state index in [0.29, 0.717) is 12.1 Å². The van der Waals surface area contributed by atoms with E-state index in [1.165, 1.54) is 5.56 Å². The van der Waals surface area contributed by atoms with Crippen molar-refractivity contribution in [3.8, 4) is 0 Å². The molecule has 0 aliphatic rings. The van der Waals surface area contributed by atoms with Gasteiger partial charge >= 0.3 is 0 Å². The summed E-state index contributed by atoms with van der Waals surface area (Å²) >= 11 is 0. The zero-order valence-electron chi connectivity index (χ0n) is 14.6. The summed E-state index contributed by atoms with van der Waals surface area (Å²) in [6.45, 7) is 2.14. The molecule has 0 aliphatic heterocycles. The van der Waals surface area contributed by atoms with E-state index in [1.807, 2.05) is 53.3 Å². The second-order valence-electron chi connectivity index (χ2n) is 6.38. The minimum absolute atomic E-state index is 0.00485. The molecule has 0 saturated carbocycles. The molecule has 0 amide bonds. The Labute approximate surface area is 151 Å². The molecule has 26 heavy (non-hydrogen) atoms. The summed E-state index contributed by atoms with van der Waals surface area (Å²) in [6, 6.07) is 18.1. The molecule has 0 saturated heterocycles. The summed E-state index contributed by atoms with van der Waals surface area (Å²) in [4.78, 5) is 12.7. The monoisotopic (exact) mass is 344 g/mol. The van der Waals surface area contributed by atoms with E-state index in [1.54, 1.807) is 6.20 Å². The van der Waals surface area contributed by atoms with Crippen LogP contribution in [0.15, 0.2) is 67.0 Å². The number of fused-ring (bicyclic) bond motifs is 1. The van der Waals surface area contributed by atoms with Gasteiger partial charge < -0.3 is 0 Å². The van der Waals surface area contributed by atoms with Gasteiger partial charge in [0.05, 0.1) is 17.8 Å². The lowest BCUT2D eigenvalue weighted by Crippen LogP contribution is -2.10. The third-order valence-corrected chi connectivity index (χ3v) is 4.64. The Bertz CT molecular complexity index is 1030. The van der Waals surface area contributed by atoms with Crippen LogP contribution in [0.1, 0.15) is 41.0 Å². The number of rotatable bonds is 6. The Morgan fingerprint density at radius 3 is 2.69 bits per heavy atom. The Balaban J connectivity index is 1.56. The molecule has 0 fully saturated rings. The number of para-hydroxylation sites is 1. The molecule has 2 aromatic carbocycles. The number of hydrogen-bond donors (Lipinski definition) is 1. The van der Waals surface area contributed by atoms with Gasteiger partial charge in [-0.2, -0.15) is 10.2 Å². The van der Waals surface area contributed by atoms with Crippen LogP contribution in [0.4, 0.5) is 0 Å². The highest BCUT2D eigenvalue weighted by molar-refractivity contribution is 6.06. The van der Waals surface area contributed by atoms with Crippen LogP contribution in [0.3, 0.4) is 0 Å². The van der Waals surface area contributed by atoms with Gasteiger partial charge in [-0.1, -0.05) is 55.5 Å². The van der Waals surface area contributed by atoms with Crippen molar-refractivity contribution in [2.45, 2.75) is 25.8 Å². The highest BCUT2D eigenvalue weighted by atomic mass is 16.1. The molecule has 2 aromatic heterocycles. The molecule has 0 spiro atoms. The summed E-state index contributed by atoms with van der Waals surface area (Å²) in [5.41, 5.74) is 3.48. The Morgan fingerprint density at radius 1 is 1.12 bits per heavy atom. The van der Waals surface area contributed by atoms with Crippen LogP contribution in [0.5, 0.6) is 0 Å². The van der Waals surface area contributed by atoms with Gasteiger partial charge in [0.25, 0.3) is 0 Å². The molecular formula is C21H20N4O. The van der Waals surface area contributed by atoms with E-state index in [2.05, 4.69) is 34.4 Å². The van der Waals surface area contributed by atoms with Gasteiger partial charge in [-0.05, 0) is 23.6 Å². The van der Waals surface area contributed by atoms with E-state index >= 15 is 0 Å². The van der Waals surface area contributed by atoms with Crippen LogP contribution in [-0.2, 0) is 6.42 Å². The van der Waals surface area contributed by atoms with Crippen molar-refractivity contribution in [2.24, 2.45) is 0 Å². The molecule has 1 N–H and O–H groups in total. The predicted octanol–water partition coefficient (Wildman–Crippen LogP) is 4.18. The maximum atomic E-state index is 12.7. The molecule has 4 aromatic rings. The average molecular weight is 344 g/mol. The molecule has 130 valence electrons. The van der Waals surface area contributed by atoms with E-state index < -0.39 is 0 Å². The summed E-state index contributed by atoms with van der Waals surface area (Å²) in [7, 11) is 0. The molecule has 2 heterocycles. The maximum absolute atomic E-state index is 12.7. The zero-order chi connectivity index (χ0) is 17.9. The van der Waals surface area contributed by atoms with Crippen molar-refractivity contribution in [3.63, 3.8) is 0 Å². The van der Waals surface area contributed by atoms with Gasteiger partial charge in [0.15, 0.2) is 5.78 Å². The molecular weight excluding hydrogens is 324 g/mol. The molecule has 0 unspecified atom stereocenters. The summed E-state index contributed by atoms with van der Waals surface area (Å²) in [6.07, 6.45) is 4.97. The van der Waals surface area contributed by atoms with E-state index in [4.69, 9.17) is 0 Å². The third kappa shape index (κ3) is 3.04. The van der Waals surface area contributed by atoms with Crippen LogP contribution >= 0.6 is 0 Å². The number of aromatic nitrogens is 4. The number of ketones is 1. The standard InChI is InChI=1S/C21H20N4O/c1-2-19(16-8-4-3-5-9-16)25-14-15(13-22-25)12-20(26)21-17-10-6-7-11-18(17)23-24-21/h3-11,13-14,19H,2,12H2,1H3,(H,23,24)/t19-/m0/s1. The number of H-pyrrole nitrogens is 1. The third-order valence-electron chi connectivity index (χ3n) is 4.64. The first kappa shape index (κ1) is 16.3. The number of aromatic amines is 1. The van der Waals surface area contributed by atoms with Crippen molar-refractivity contribution in [1.82, 2.24) is 20.0 Å². The number of nitrogens with one attached hydrogen (secondary N) is 1. The van der Waals surface area contributed by atoms with Crippen LogP contribution < -0.4 is 0 Å². The fraction of sp³-hybridized carbons (Fsp3) is 0.190. The molecule has 0 aliphatic carbocycles.